The minimum absolute atomic E-state index is 0.155. The molecule has 3 rings (SSSR count). The number of hydrogen-bond acceptors (Lipinski definition) is 2. The van der Waals surface area contributed by atoms with E-state index >= 15 is 0 Å². The third kappa shape index (κ3) is 9.24. The Bertz CT molecular complexity index is 1050. The summed E-state index contributed by atoms with van der Waals surface area (Å²) in [5, 5.41) is 2.54. The number of unbranched alkanes of at least 4 members (excludes halogenated alkanes) is 2. The first-order chi connectivity index (χ1) is 15.8. The summed E-state index contributed by atoms with van der Waals surface area (Å²) < 4.78 is 0. The van der Waals surface area contributed by atoms with E-state index in [1.807, 2.05) is 25.1 Å². The molecule has 0 saturated heterocycles. The molecule has 0 aliphatic heterocycles. The van der Waals surface area contributed by atoms with Crippen LogP contribution in [0.5, 0.6) is 0 Å². The number of terminal acetylenes is 1. The Morgan fingerprint density at radius 1 is 1.03 bits per heavy atom. The van der Waals surface area contributed by atoms with Crippen LogP contribution < -0.4 is 5.73 Å². The van der Waals surface area contributed by atoms with E-state index in [0.717, 1.165) is 29.7 Å². The van der Waals surface area contributed by atoms with Crippen molar-refractivity contribution >= 4 is 16.6 Å². The van der Waals surface area contributed by atoms with Gasteiger partial charge < -0.3 is 5.73 Å². The summed E-state index contributed by atoms with van der Waals surface area (Å²) in [6.07, 6.45) is 10.2. The minimum Gasteiger partial charge on any atom is -0.330 e. The van der Waals surface area contributed by atoms with Crippen LogP contribution in [0.3, 0.4) is 0 Å². The predicted octanol–water partition coefficient (Wildman–Crippen LogP) is 7.84. The highest BCUT2D eigenvalue weighted by molar-refractivity contribution is 5.95. The summed E-state index contributed by atoms with van der Waals surface area (Å²) in [5.41, 5.74) is 10.7. The minimum atomic E-state index is 0.155. The normalized spacial score (nSPS) is 10.0. The Kier molecular flexibility index (Phi) is 12.8. The second-order valence-electron chi connectivity index (χ2n) is 8.64. The molecule has 2 heteroatoms. The molecule has 0 aliphatic rings. The lowest BCUT2D eigenvalue weighted by Gasteiger charge is -2.10. The van der Waals surface area contributed by atoms with Gasteiger partial charge in [0.1, 0.15) is 0 Å². The summed E-state index contributed by atoms with van der Waals surface area (Å²) in [5.74, 6) is 3.37. The Hall–Kier alpha value is -2.89. The first kappa shape index (κ1) is 28.1. The lowest BCUT2D eigenvalue weighted by Crippen LogP contribution is -1.97. The van der Waals surface area contributed by atoms with Gasteiger partial charge in [0.05, 0.1) is 0 Å². The molecule has 0 bridgehead atoms. The highest BCUT2D eigenvalue weighted by Gasteiger charge is 2.06. The zero-order valence-corrected chi connectivity index (χ0v) is 21.4. The van der Waals surface area contributed by atoms with Crippen molar-refractivity contribution < 1.29 is 4.79 Å². The van der Waals surface area contributed by atoms with E-state index < -0.39 is 0 Å². The molecule has 0 amide bonds. The molecule has 0 unspecified atom stereocenters. The van der Waals surface area contributed by atoms with Crippen molar-refractivity contribution in [2.24, 2.45) is 5.73 Å². The van der Waals surface area contributed by atoms with Crippen molar-refractivity contribution in [3.63, 3.8) is 0 Å². The highest BCUT2D eigenvalue weighted by Crippen LogP contribution is 2.26. The van der Waals surface area contributed by atoms with Crippen LogP contribution in [0.1, 0.15) is 92.4 Å². The largest absolute Gasteiger partial charge is 0.330 e. The van der Waals surface area contributed by atoms with Crippen molar-refractivity contribution in [2.45, 2.75) is 73.1 Å². The first-order valence-corrected chi connectivity index (χ1v) is 12.1. The van der Waals surface area contributed by atoms with Crippen LogP contribution in [0, 0.1) is 19.3 Å². The molecule has 33 heavy (non-hydrogen) atoms. The van der Waals surface area contributed by atoms with Gasteiger partial charge in [0.25, 0.3) is 0 Å². The maximum Gasteiger partial charge on any atom is 0.160 e. The van der Waals surface area contributed by atoms with Crippen LogP contribution in [0.25, 0.3) is 10.8 Å². The van der Waals surface area contributed by atoms with Gasteiger partial charge in [-0.3, -0.25) is 4.79 Å². The van der Waals surface area contributed by atoms with E-state index in [1.165, 1.54) is 41.2 Å². The monoisotopic (exact) mass is 443 g/mol. The Balaban J connectivity index is 0.000000272. The van der Waals surface area contributed by atoms with Gasteiger partial charge in [-0.2, -0.15) is 0 Å². The van der Waals surface area contributed by atoms with Crippen molar-refractivity contribution in [2.75, 3.05) is 6.54 Å². The smallest absolute Gasteiger partial charge is 0.160 e. The van der Waals surface area contributed by atoms with Crippen molar-refractivity contribution in [1.82, 2.24) is 0 Å². The van der Waals surface area contributed by atoms with Crippen LogP contribution in [0.4, 0.5) is 0 Å². The summed E-state index contributed by atoms with van der Waals surface area (Å²) in [4.78, 5) is 11.1. The number of hydrogen-bond donors (Lipinski definition) is 1. The average molecular weight is 444 g/mol. The summed E-state index contributed by atoms with van der Waals surface area (Å²) in [7, 11) is 0. The molecule has 0 aromatic heterocycles. The van der Waals surface area contributed by atoms with Gasteiger partial charge in [0.2, 0.25) is 0 Å². The quantitative estimate of drug-likeness (QED) is 0.239. The van der Waals surface area contributed by atoms with Crippen LogP contribution >= 0.6 is 0 Å². The molecule has 0 aliphatic carbocycles. The first-order valence-electron chi connectivity index (χ1n) is 12.1. The van der Waals surface area contributed by atoms with Gasteiger partial charge >= 0.3 is 0 Å². The third-order valence-corrected chi connectivity index (χ3v) is 5.58. The lowest BCUT2D eigenvalue weighted by atomic mass is 9.94. The third-order valence-electron chi connectivity index (χ3n) is 5.58. The van der Waals surface area contributed by atoms with Gasteiger partial charge in [-0.25, -0.2) is 0 Å². The Morgan fingerprint density at radius 3 is 2.24 bits per heavy atom. The fourth-order valence-electron chi connectivity index (χ4n) is 3.56. The number of fused-ring (bicyclic) bond motifs is 1. The zero-order chi connectivity index (χ0) is 24.8. The maximum absolute atomic E-state index is 11.1. The van der Waals surface area contributed by atoms with E-state index in [9.17, 15) is 4.79 Å². The maximum atomic E-state index is 11.1. The van der Waals surface area contributed by atoms with E-state index in [-0.39, 0.29) is 5.78 Å². The van der Waals surface area contributed by atoms with Gasteiger partial charge in [0.15, 0.2) is 5.78 Å². The molecule has 2 N–H and O–H groups in total. The molecule has 0 heterocycles. The molecule has 3 aromatic rings. The summed E-state index contributed by atoms with van der Waals surface area (Å²) in [6, 6.07) is 18.6. The number of aryl methyl sites for hydroxylation is 2. The molecule has 176 valence electrons. The molecule has 0 radical (unpaired) electrons. The second kappa shape index (κ2) is 15.0. The second-order valence-corrected chi connectivity index (χ2v) is 8.64. The molecule has 0 atom stereocenters. The van der Waals surface area contributed by atoms with Gasteiger partial charge in [-0.1, -0.05) is 82.9 Å². The standard InChI is InChI=1S/C15H14.C11H14O.C5H13N/c1-4-12-9-13-7-5-6-8-14(13)15(10-12)11(2)3;1-4-10-6-5-8(2)11(7-10)9(3)12;1-2-3-4-5-6/h1,5-11H,2-3H3;5-7H,4H2,1-3H3;2-6H2,1H3. The van der Waals surface area contributed by atoms with Crippen LogP contribution in [0.2, 0.25) is 0 Å². The fraction of sp³-hybridized carbons (Fsp3) is 0.387. The van der Waals surface area contributed by atoms with Crippen molar-refractivity contribution in [3.8, 4) is 12.3 Å². The highest BCUT2D eigenvalue weighted by atomic mass is 16.1. The van der Waals surface area contributed by atoms with Crippen LogP contribution in [-0.2, 0) is 6.42 Å². The van der Waals surface area contributed by atoms with Gasteiger partial charge in [0, 0.05) is 11.1 Å². The average Bonchev–Trinajstić information content (AvgIpc) is 2.82. The molecule has 0 fully saturated rings. The van der Waals surface area contributed by atoms with Crippen LogP contribution in [-0.4, -0.2) is 12.3 Å². The number of nitrogens with two attached hydrogens (primary N) is 1. The van der Waals surface area contributed by atoms with E-state index in [0.29, 0.717) is 5.92 Å². The molecule has 3 aromatic carbocycles. The number of ketones is 1. The molecular formula is C31H41NO. The van der Waals surface area contributed by atoms with Crippen molar-refractivity contribution in [1.29, 1.82) is 0 Å². The molecule has 0 saturated carbocycles. The SMILES string of the molecule is C#Cc1cc(C(C)C)c2ccccc2c1.CCCCCN.CCc1ccc(C)c(C(C)=O)c1. The van der Waals surface area contributed by atoms with Gasteiger partial charge in [-0.15, -0.1) is 6.42 Å². The van der Waals surface area contributed by atoms with E-state index in [2.05, 4.69) is 70.0 Å². The number of rotatable bonds is 6. The summed E-state index contributed by atoms with van der Waals surface area (Å²) >= 11 is 0. The predicted molar refractivity (Wildman–Crippen MR) is 145 cm³/mol. The number of benzene rings is 3. The molecule has 2 nitrogen and oxygen atoms in total. The van der Waals surface area contributed by atoms with Gasteiger partial charge in [-0.05, 0) is 84.8 Å². The zero-order valence-electron chi connectivity index (χ0n) is 21.4. The number of carbonyl (C=O) groups excluding carboxylic acids is 1. The molecular weight excluding hydrogens is 402 g/mol. The Labute approximate surface area is 201 Å². The fourth-order valence-corrected chi connectivity index (χ4v) is 3.56. The molecule has 0 spiro atoms. The van der Waals surface area contributed by atoms with E-state index in [4.69, 9.17) is 12.2 Å². The Morgan fingerprint density at radius 2 is 1.73 bits per heavy atom. The van der Waals surface area contributed by atoms with E-state index in [1.54, 1.807) is 6.92 Å². The van der Waals surface area contributed by atoms with Crippen molar-refractivity contribution in [3.05, 3.63) is 82.4 Å². The topological polar surface area (TPSA) is 43.1 Å². The lowest BCUT2D eigenvalue weighted by molar-refractivity contribution is 0.101. The summed E-state index contributed by atoms with van der Waals surface area (Å²) in [6.45, 7) is 13.1. The van der Waals surface area contributed by atoms with Crippen LogP contribution in [0.15, 0.2) is 54.6 Å². The number of carbonyl (C=O) groups is 1. The number of Topliss-reactive ketones (excluding diaryl/α,β-unsaturated/α-hetero) is 1.